The highest BCUT2D eigenvalue weighted by Crippen LogP contribution is 2.45. The van der Waals surface area contributed by atoms with Gasteiger partial charge in [0.05, 0.1) is 0 Å². The van der Waals surface area contributed by atoms with Crippen LogP contribution in [0, 0.1) is 11.7 Å². The van der Waals surface area contributed by atoms with E-state index in [4.69, 9.17) is 0 Å². The van der Waals surface area contributed by atoms with Crippen molar-refractivity contribution in [2.45, 2.75) is 31.3 Å². The molecular formula is C23H25FN4O3. The van der Waals surface area contributed by atoms with Gasteiger partial charge in [0.2, 0.25) is 0 Å². The zero-order valence-electron chi connectivity index (χ0n) is 17.5. The van der Waals surface area contributed by atoms with Crippen LogP contribution in [-0.2, 0) is 6.42 Å². The number of hydrogen-bond donors (Lipinski definition) is 2. The first-order chi connectivity index (χ1) is 14.9. The molecule has 31 heavy (non-hydrogen) atoms. The zero-order chi connectivity index (χ0) is 22.2. The summed E-state index contributed by atoms with van der Waals surface area (Å²) >= 11 is 0. The Morgan fingerprint density at radius 2 is 2.00 bits per heavy atom. The van der Waals surface area contributed by atoms with Gasteiger partial charge in [0.1, 0.15) is 17.2 Å². The summed E-state index contributed by atoms with van der Waals surface area (Å²) in [6.07, 6.45) is -0.112. The zero-order valence-corrected chi connectivity index (χ0v) is 17.5. The minimum absolute atomic E-state index is 0.238. The summed E-state index contributed by atoms with van der Waals surface area (Å²) in [6, 6.07) is 14.9. The van der Waals surface area contributed by atoms with E-state index < -0.39 is 23.5 Å². The SMILES string of the molecule is CN=C1NC(=O)N(c2cccc(F)c2)[C@@]12CCN(C(=O)O)[C@@H](C)C2Cc1ccccc1. The highest BCUT2D eigenvalue weighted by molar-refractivity contribution is 6.19. The van der Waals surface area contributed by atoms with Gasteiger partial charge >= 0.3 is 12.1 Å². The number of carbonyl (C=O) groups excluding carboxylic acids is 1. The number of rotatable bonds is 3. The van der Waals surface area contributed by atoms with Crippen molar-refractivity contribution in [3.05, 3.63) is 66.0 Å². The number of amidine groups is 1. The van der Waals surface area contributed by atoms with E-state index in [9.17, 15) is 19.1 Å². The van der Waals surface area contributed by atoms with Crippen LogP contribution < -0.4 is 10.2 Å². The van der Waals surface area contributed by atoms with Crippen LogP contribution in [0.3, 0.4) is 0 Å². The van der Waals surface area contributed by atoms with Gasteiger partial charge in [0.25, 0.3) is 0 Å². The van der Waals surface area contributed by atoms with Crippen molar-refractivity contribution in [3.63, 3.8) is 0 Å². The fourth-order valence-corrected chi connectivity index (χ4v) is 5.11. The Morgan fingerprint density at radius 1 is 1.26 bits per heavy atom. The van der Waals surface area contributed by atoms with Crippen molar-refractivity contribution < 1.29 is 19.1 Å². The van der Waals surface area contributed by atoms with Crippen LogP contribution in [0.15, 0.2) is 59.6 Å². The summed E-state index contributed by atoms with van der Waals surface area (Å²) in [4.78, 5) is 32.4. The molecule has 0 saturated carbocycles. The molecule has 2 aliphatic heterocycles. The fraction of sp³-hybridized carbons (Fsp3) is 0.348. The van der Waals surface area contributed by atoms with Crippen LogP contribution in [0.1, 0.15) is 18.9 Å². The summed E-state index contributed by atoms with van der Waals surface area (Å²) in [7, 11) is 1.61. The molecule has 0 radical (unpaired) electrons. The molecule has 0 aliphatic carbocycles. The van der Waals surface area contributed by atoms with Crippen LogP contribution in [0.25, 0.3) is 0 Å². The largest absolute Gasteiger partial charge is 0.465 e. The topological polar surface area (TPSA) is 85.2 Å². The first kappa shape index (κ1) is 20.8. The Kier molecular flexibility index (Phi) is 5.39. The van der Waals surface area contributed by atoms with E-state index in [0.717, 1.165) is 5.56 Å². The van der Waals surface area contributed by atoms with Crippen molar-refractivity contribution in [2.75, 3.05) is 18.5 Å². The molecule has 8 heteroatoms. The summed E-state index contributed by atoms with van der Waals surface area (Å²) in [5, 5.41) is 12.6. The van der Waals surface area contributed by atoms with E-state index in [2.05, 4.69) is 10.3 Å². The average Bonchev–Trinajstić information content (AvgIpc) is 3.03. The lowest BCUT2D eigenvalue weighted by molar-refractivity contribution is 0.0636. The first-order valence-corrected chi connectivity index (χ1v) is 10.3. The second-order valence-corrected chi connectivity index (χ2v) is 8.00. The highest BCUT2D eigenvalue weighted by atomic mass is 19.1. The smallest absolute Gasteiger partial charge is 0.407 e. The summed E-state index contributed by atoms with van der Waals surface area (Å²) in [5.74, 6) is -0.266. The van der Waals surface area contributed by atoms with E-state index >= 15 is 0 Å². The van der Waals surface area contributed by atoms with Gasteiger partial charge in [0, 0.05) is 31.2 Å². The minimum Gasteiger partial charge on any atom is -0.465 e. The second kappa shape index (κ2) is 8.02. The molecule has 0 aromatic heterocycles. The number of amides is 3. The lowest BCUT2D eigenvalue weighted by Crippen LogP contribution is -2.67. The Bertz CT molecular complexity index is 1030. The lowest BCUT2D eigenvalue weighted by atomic mass is 9.69. The maximum absolute atomic E-state index is 14.1. The Hall–Kier alpha value is -3.42. The number of hydrogen-bond acceptors (Lipinski definition) is 3. The van der Waals surface area contributed by atoms with E-state index in [1.165, 1.54) is 17.0 Å². The Morgan fingerprint density at radius 3 is 2.65 bits per heavy atom. The third-order valence-electron chi connectivity index (χ3n) is 6.49. The molecule has 3 atom stereocenters. The second-order valence-electron chi connectivity index (χ2n) is 8.00. The summed E-state index contributed by atoms with van der Waals surface area (Å²) in [6.45, 7) is 2.10. The van der Waals surface area contributed by atoms with Crippen molar-refractivity contribution in [1.29, 1.82) is 0 Å². The molecular weight excluding hydrogens is 399 g/mol. The molecule has 3 amide bonds. The molecule has 2 fully saturated rings. The third-order valence-corrected chi connectivity index (χ3v) is 6.49. The Labute approximate surface area is 180 Å². The molecule has 4 rings (SSSR count). The predicted octanol–water partition coefficient (Wildman–Crippen LogP) is 3.75. The van der Waals surface area contributed by atoms with Gasteiger partial charge in [-0.15, -0.1) is 0 Å². The molecule has 0 bridgehead atoms. The number of carbonyl (C=O) groups is 2. The maximum atomic E-state index is 14.1. The van der Waals surface area contributed by atoms with Crippen molar-refractivity contribution in [2.24, 2.45) is 10.9 Å². The van der Waals surface area contributed by atoms with Gasteiger partial charge in [-0.25, -0.2) is 14.0 Å². The molecule has 2 aliphatic rings. The molecule has 1 unspecified atom stereocenters. The number of anilines is 1. The number of likely N-dealkylation sites (tertiary alicyclic amines) is 1. The van der Waals surface area contributed by atoms with Crippen molar-refractivity contribution in [1.82, 2.24) is 10.2 Å². The number of aliphatic imine (C=N–C) groups is 1. The number of nitrogens with one attached hydrogen (secondary N) is 1. The van der Waals surface area contributed by atoms with Gasteiger partial charge in [-0.3, -0.25) is 15.2 Å². The molecule has 2 aromatic carbocycles. The maximum Gasteiger partial charge on any atom is 0.407 e. The average molecular weight is 424 g/mol. The molecule has 7 nitrogen and oxygen atoms in total. The monoisotopic (exact) mass is 424 g/mol. The Balaban J connectivity index is 1.88. The van der Waals surface area contributed by atoms with E-state index in [-0.39, 0.29) is 18.5 Å². The minimum atomic E-state index is -0.995. The number of nitrogens with zero attached hydrogens (tertiary/aromatic N) is 3. The van der Waals surface area contributed by atoms with Gasteiger partial charge < -0.3 is 10.0 Å². The van der Waals surface area contributed by atoms with E-state index in [1.807, 2.05) is 37.3 Å². The first-order valence-electron chi connectivity index (χ1n) is 10.3. The summed E-state index contributed by atoms with van der Waals surface area (Å²) < 4.78 is 14.1. The third kappa shape index (κ3) is 3.41. The number of halogens is 1. The van der Waals surface area contributed by atoms with Crippen LogP contribution in [0.5, 0.6) is 0 Å². The molecule has 2 aromatic rings. The standard InChI is InChI=1S/C23H25FN4O3/c1-15-19(13-16-7-4-3-5-8-16)23(11-12-27(15)22(30)31)20(25-2)26-21(29)28(23)18-10-6-9-17(24)14-18/h3-10,14-15,19H,11-13H2,1-2H3,(H,30,31)(H,25,26,29)/t15-,19?,23+/m0/s1. The van der Waals surface area contributed by atoms with Gasteiger partial charge in [0.15, 0.2) is 0 Å². The number of benzene rings is 2. The van der Waals surface area contributed by atoms with Gasteiger partial charge in [-0.05, 0) is 43.5 Å². The van der Waals surface area contributed by atoms with Crippen LogP contribution in [-0.4, -0.2) is 53.1 Å². The quantitative estimate of drug-likeness (QED) is 0.787. The van der Waals surface area contributed by atoms with Gasteiger partial charge in [-0.2, -0.15) is 0 Å². The van der Waals surface area contributed by atoms with Crippen molar-refractivity contribution >= 4 is 23.6 Å². The molecule has 162 valence electrons. The number of carboxylic acid groups (broad SMARTS) is 1. The predicted molar refractivity (Wildman–Crippen MR) is 116 cm³/mol. The molecule has 2 saturated heterocycles. The normalized spacial score (nSPS) is 27.1. The van der Waals surface area contributed by atoms with Crippen LogP contribution in [0.2, 0.25) is 0 Å². The lowest BCUT2D eigenvalue weighted by Gasteiger charge is -2.52. The van der Waals surface area contributed by atoms with Gasteiger partial charge in [-0.1, -0.05) is 36.4 Å². The summed E-state index contributed by atoms with van der Waals surface area (Å²) in [5.41, 5.74) is 0.533. The molecule has 1 spiro atoms. The highest BCUT2D eigenvalue weighted by Gasteiger charge is 2.60. The number of piperidine rings is 1. The van der Waals surface area contributed by atoms with Crippen molar-refractivity contribution in [3.8, 4) is 0 Å². The van der Waals surface area contributed by atoms with E-state index in [0.29, 0.717) is 24.4 Å². The fourth-order valence-electron chi connectivity index (χ4n) is 5.11. The van der Waals surface area contributed by atoms with Crippen LogP contribution in [0.4, 0.5) is 19.7 Å². The van der Waals surface area contributed by atoms with Crippen LogP contribution >= 0.6 is 0 Å². The van der Waals surface area contributed by atoms with E-state index in [1.54, 1.807) is 24.1 Å². The number of urea groups is 1. The molecule has 2 heterocycles. The molecule has 2 N–H and O–H groups in total.